The molecule has 0 saturated carbocycles. The first-order valence-electron chi connectivity index (χ1n) is 9.63. The maximum atomic E-state index is 14.1. The average Bonchev–Trinajstić information content (AvgIpc) is 2.74. The van der Waals surface area contributed by atoms with E-state index in [1.165, 1.54) is 24.2 Å². The molecule has 0 aliphatic heterocycles. The first kappa shape index (κ1) is 28.3. The summed E-state index contributed by atoms with van der Waals surface area (Å²) >= 11 is 0. The van der Waals surface area contributed by atoms with Gasteiger partial charge in [0, 0.05) is 20.2 Å². The number of methoxy groups -OCH3 is 1. The van der Waals surface area contributed by atoms with Gasteiger partial charge in [-0.3, -0.25) is 4.79 Å². The van der Waals surface area contributed by atoms with Crippen LogP contribution in [-0.4, -0.2) is 31.5 Å². The molecule has 0 fully saturated rings. The average molecular weight is 407 g/mol. The number of aryl methyl sites for hydroxylation is 1. The van der Waals surface area contributed by atoms with Crippen LogP contribution in [0.2, 0.25) is 0 Å². The van der Waals surface area contributed by atoms with Gasteiger partial charge in [0.15, 0.2) is 23.2 Å². The van der Waals surface area contributed by atoms with Crippen LogP contribution in [0.15, 0.2) is 60.9 Å². The van der Waals surface area contributed by atoms with E-state index in [0.29, 0.717) is 11.3 Å². The van der Waals surface area contributed by atoms with E-state index in [0.717, 1.165) is 0 Å². The number of pyridine rings is 1. The lowest BCUT2D eigenvalue weighted by atomic mass is 10.2. The third-order valence-corrected chi connectivity index (χ3v) is 3.22. The fourth-order valence-corrected chi connectivity index (χ4v) is 1.81. The molecule has 0 amide bonds. The van der Waals surface area contributed by atoms with Crippen LogP contribution in [0.3, 0.4) is 0 Å². The standard InChI is InChI=1S/C19H23FN2O3.2C2H6/c1-6-16(24-5)9-7-8-12-25-17(15(3)23)13-22(4)19-18(20)14(2)10-11-21-19;2*1-2/h6-11,13H,1,12H2,2-5H3;2*1-2H3/b8-7+,16-9+,17-13+;;. The van der Waals surface area contributed by atoms with E-state index in [9.17, 15) is 9.18 Å². The van der Waals surface area contributed by atoms with Gasteiger partial charge in [0.25, 0.3) is 0 Å². The molecule has 1 aromatic heterocycles. The Kier molecular flexibility index (Phi) is 16.8. The maximum Gasteiger partial charge on any atom is 0.195 e. The van der Waals surface area contributed by atoms with Crippen molar-refractivity contribution in [2.75, 3.05) is 25.7 Å². The number of aromatic nitrogens is 1. The molecule has 0 atom stereocenters. The van der Waals surface area contributed by atoms with Gasteiger partial charge >= 0.3 is 0 Å². The minimum atomic E-state index is -0.439. The zero-order valence-corrected chi connectivity index (χ0v) is 19.0. The van der Waals surface area contributed by atoms with Crippen molar-refractivity contribution < 1.29 is 18.7 Å². The van der Waals surface area contributed by atoms with Gasteiger partial charge in [-0.15, -0.1) is 0 Å². The normalized spacial score (nSPS) is 10.9. The molecule has 6 heteroatoms. The molecule has 0 aliphatic rings. The Morgan fingerprint density at radius 3 is 2.45 bits per heavy atom. The van der Waals surface area contributed by atoms with Crippen LogP contribution < -0.4 is 4.90 Å². The molecule has 1 rings (SSSR count). The van der Waals surface area contributed by atoms with Crippen molar-refractivity contribution in [2.24, 2.45) is 0 Å². The molecule has 162 valence electrons. The van der Waals surface area contributed by atoms with Crippen LogP contribution in [-0.2, 0) is 14.3 Å². The summed E-state index contributed by atoms with van der Waals surface area (Å²) in [6.45, 7) is 14.8. The third-order valence-electron chi connectivity index (χ3n) is 3.22. The summed E-state index contributed by atoms with van der Waals surface area (Å²) in [6.07, 6.45) is 9.65. The van der Waals surface area contributed by atoms with Gasteiger partial charge in [0.1, 0.15) is 12.4 Å². The molecule has 1 aromatic rings. The lowest BCUT2D eigenvalue weighted by molar-refractivity contribution is -0.116. The second kappa shape index (κ2) is 17.2. The van der Waals surface area contributed by atoms with E-state index in [1.54, 1.807) is 51.5 Å². The van der Waals surface area contributed by atoms with Crippen LogP contribution in [0, 0.1) is 12.7 Å². The molecule has 0 saturated heterocycles. The number of hydrogen-bond acceptors (Lipinski definition) is 5. The number of anilines is 1. The second-order valence-corrected chi connectivity index (χ2v) is 5.14. The number of rotatable bonds is 9. The van der Waals surface area contributed by atoms with E-state index >= 15 is 0 Å². The van der Waals surface area contributed by atoms with Gasteiger partial charge in [0.2, 0.25) is 0 Å². The second-order valence-electron chi connectivity index (χ2n) is 5.14. The Bertz CT molecular complexity index is 710. The van der Waals surface area contributed by atoms with Crippen molar-refractivity contribution in [1.82, 2.24) is 4.98 Å². The molecule has 5 nitrogen and oxygen atoms in total. The molecule has 0 spiro atoms. The highest BCUT2D eigenvalue weighted by atomic mass is 19.1. The number of allylic oxidation sites excluding steroid dienone is 4. The fraction of sp³-hybridized carbons (Fsp3) is 0.391. The number of Topliss-reactive ketones (excluding diaryl/α,β-unsaturated/α-hetero) is 1. The van der Waals surface area contributed by atoms with Gasteiger partial charge < -0.3 is 14.4 Å². The lowest BCUT2D eigenvalue weighted by Gasteiger charge is -2.16. The van der Waals surface area contributed by atoms with E-state index in [2.05, 4.69) is 11.6 Å². The molecule has 0 bridgehead atoms. The minimum absolute atomic E-state index is 0.106. The SMILES string of the molecule is C=C/C(=C\C=C\CO/C(=C/N(C)c1nccc(C)c1F)C(C)=O)OC.CC.CC. The molecular formula is C23H35FN2O3. The molecule has 0 aliphatic carbocycles. The van der Waals surface area contributed by atoms with Gasteiger partial charge in [-0.1, -0.05) is 40.3 Å². The maximum absolute atomic E-state index is 14.1. The third kappa shape index (κ3) is 10.9. The number of hydrogen-bond donors (Lipinski definition) is 0. The van der Waals surface area contributed by atoms with E-state index in [-0.39, 0.29) is 24.0 Å². The quantitative estimate of drug-likeness (QED) is 0.297. The highest BCUT2D eigenvalue weighted by molar-refractivity contribution is 5.91. The number of ketones is 1. The summed E-state index contributed by atoms with van der Waals surface area (Å²) in [5.41, 5.74) is 0.474. The fourth-order valence-electron chi connectivity index (χ4n) is 1.81. The summed E-state index contributed by atoms with van der Waals surface area (Å²) in [5, 5.41) is 0. The van der Waals surface area contributed by atoms with Crippen LogP contribution >= 0.6 is 0 Å². The van der Waals surface area contributed by atoms with Crippen LogP contribution in [0.1, 0.15) is 40.2 Å². The summed E-state index contributed by atoms with van der Waals surface area (Å²) in [6, 6.07) is 1.58. The van der Waals surface area contributed by atoms with E-state index in [4.69, 9.17) is 9.47 Å². The molecule has 0 N–H and O–H groups in total. The first-order chi connectivity index (χ1) is 13.9. The van der Waals surface area contributed by atoms with Crippen LogP contribution in [0.5, 0.6) is 0 Å². The number of carbonyl (C=O) groups is 1. The molecule has 29 heavy (non-hydrogen) atoms. The minimum Gasteiger partial charge on any atom is -0.497 e. The predicted molar refractivity (Wildman–Crippen MR) is 119 cm³/mol. The van der Waals surface area contributed by atoms with Crippen molar-refractivity contribution >= 4 is 11.6 Å². The van der Waals surface area contributed by atoms with E-state index in [1.807, 2.05) is 27.7 Å². The van der Waals surface area contributed by atoms with Crippen LogP contribution in [0.25, 0.3) is 0 Å². The molecular weight excluding hydrogens is 371 g/mol. The Morgan fingerprint density at radius 2 is 1.93 bits per heavy atom. The van der Waals surface area contributed by atoms with Crippen molar-refractivity contribution in [3.8, 4) is 0 Å². The number of ether oxygens (including phenoxy) is 2. The summed E-state index contributed by atoms with van der Waals surface area (Å²) in [4.78, 5) is 17.1. The Morgan fingerprint density at radius 1 is 1.31 bits per heavy atom. The van der Waals surface area contributed by atoms with Gasteiger partial charge in [-0.2, -0.15) is 0 Å². The summed E-state index contributed by atoms with van der Waals surface area (Å²) in [7, 11) is 3.15. The largest absolute Gasteiger partial charge is 0.497 e. The van der Waals surface area contributed by atoms with Gasteiger partial charge in [0.05, 0.1) is 13.3 Å². The highest BCUT2D eigenvalue weighted by Gasteiger charge is 2.12. The summed E-state index contributed by atoms with van der Waals surface area (Å²) in [5.74, 6) is 0.128. The Hall–Kier alpha value is -2.89. The van der Waals surface area contributed by atoms with E-state index < -0.39 is 5.82 Å². The topological polar surface area (TPSA) is 51.7 Å². The number of carbonyl (C=O) groups excluding carboxylic acids is 1. The number of nitrogens with zero attached hydrogens (tertiary/aromatic N) is 2. The number of halogens is 1. The summed E-state index contributed by atoms with van der Waals surface area (Å²) < 4.78 is 24.6. The monoisotopic (exact) mass is 406 g/mol. The van der Waals surface area contributed by atoms with Crippen molar-refractivity contribution in [3.63, 3.8) is 0 Å². The lowest BCUT2D eigenvalue weighted by Crippen LogP contribution is -2.16. The Labute approximate surface area is 175 Å². The zero-order chi connectivity index (χ0) is 22.8. The highest BCUT2D eigenvalue weighted by Crippen LogP contribution is 2.18. The molecule has 1 heterocycles. The van der Waals surface area contributed by atoms with Crippen molar-refractivity contribution in [1.29, 1.82) is 0 Å². The molecule has 0 aromatic carbocycles. The predicted octanol–water partition coefficient (Wildman–Crippen LogP) is 5.74. The smallest absolute Gasteiger partial charge is 0.195 e. The molecule has 0 radical (unpaired) electrons. The zero-order valence-electron chi connectivity index (χ0n) is 19.0. The van der Waals surface area contributed by atoms with Crippen molar-refractivity contribution in [3.05, 3.63) is 72.2 Å². The first-order valence-corrected chi connectivity index (χ1v) is 9.63. The molecule has 0 unspecified atom stereocenters. The van der Waals surface area contributed by atoms with Gasteiger partial charge in [-0.25, -0.2) is 9.37 Å². The van der Waals surface area contributed by atoms with Crippen molar-refractivity contribution in [2.45, 2.75) is 41.5 Å². The van der Waals surface area contributed by atoms with Gasteiger partial charge in [-0.05, 0) is 36.8 Å². The Balaban J connectivity index is 0. The van der Waals surface area contributed by atoms with Crippen LogP contribution in [0.4, 0.5) is 10.2 Å².